The summed E-state index contributed by atoms with van der Waals surface area (Å²) < 4.78 is 11.7. The lowest BCUT2D eigenvalue weighted by Gasteiger charge is -2.25. The van der Waals surface area contributed by atoms with Gasteiger partial charge < -0.3 is 14.8 Å². The van der Waals surface area contributed by atoms with Gasteiger partial charge in [0.1, 0.15) is 6.61 Å². The Morgan fingerprint density at radius 2 is 1.73 bits per heavy atom. The van der Waals surface area contributed by atoms with Gasteiger partial charge in [-0.15, -0.1) is 0 Å². The molecule has 0 aromatic heterocycles. The van der Waals surface area contributed by atoms with Gasteiger partial charge in [-0.3, -0.25) is 0 Å². The average molecular weight is 396 g/mol. The largest absolute Gasteiger partial charge is 0.490 e. The molecule has 1 N–H and O–H groups in total. The van der Waals surface area contributed by atoms with Gasteiger partial charge in [-0.1, -0.05) is 48.3 Å². The van der Waals surface area contributed by atoms with Crippen LogP contribution in [-0.2, 0) is 13.2 Å². The van der Waals surface area contributed by atoms with Crippen molar-refractivity contribution < 1.29 is 9.47 Å². The number of benzene rings is 2. The fourth-order valence-corrected chi connectivity index (χ4v) is 2.84. The lowest BCUT2D eigenvalue weighted by Crippen LogP contribution is -2.37. The van der Waals surface area contributed by atoms with E-state index >= 15 is 0 Å². The van der Waals surface area contributed by atoms with Crippen LogP contribution >= 0.6 is 23.2 Å². The van der Waals surface area contributed by atoms with Crippen molar-refractivity contribution in [2.24, 2.45) is 0 Å². The van der Waals surface area contributed by atoms with Gasteiger partial charge in [0.25, 0.3) is 0 Å². The van der Waals surface area contributed by atoms with Crippen LogP contribution in [0, 0.1) is 0 Å². The zero-order valence-corrected chi connectivity index (χ0v) is 17.4. The molecule has 2 aromatic rings. The molecular weight excluding hydrogens is 369 g/mol. The van der Waals surface area contributed by atoms with Crippen molar-refractivity contribution in [3.05, 3.63) is 57.6 Å². The van der Waals surface area contributed by atoms with E-state index in [9.17, 15) is 0 Å². The van der Waals surface area contributed by atoms with E-state index in [4.69, 9.17) is 32.7 Å². The molecule has 0 spiro atoms. The van der Waals surface area contributed by atoms with Crippen molar-refractivity contribution in [2.45, 2.75) is 52.8 Å². The molecule has 0 aliphatic heterocycles. The van der Waals surface area contributed by atoms with Crippen LogP contribution in [0.15, 0.2) is 36.4 Å². The monoisotopic (exact) mass is 395 g/mol. The van der Waals surface area contributed by atoms with Gasteiger partial charge in [0.05, 0.1) is 11.6 Å². The summed E-state index contributed by atoms with van der Waals surface area (Å²) in [5.74, 6) is 1.20. The van der Waals surface area contributed by atoms with Crippen molar-refractivity contribution >= 4 is 23.2 Å². The van der Waals surface area contributed by atoms with Crippen molar-refractivity contribution in [3.63, 3.8) is 0 Å². The number of halogens is 2. The highest BCUT2D eigenvalue weighted by atomic mass is 35.5. The summed E-state index contributed by atoms with van der Waals surface area (Å²) in [6, 6.07) is 11.5. The first-order chi connectivity index (χ1) is 12.4. The minimum absolute atomic E-state index is 0.0669. The number of hydrogen-bond acceptors (Lipinski definition) is 3. The van der Waals surface area contributed by atoms with E-state index in [2.05, 4.69) is 26.1 Å². The second kappa shape index (κ2) is 9.50. The Bertz CT molecular complexity index is 732. The van der Waals surface area contributed by atoms with Gasteiger partial charge >= 0.3 is 0 Å². The molecule has 0 amide bonds. The normalized spacial score (nSPS) is 11.5. The lowest BCUT2D eigenvalue weighted by molar-refractivity contribution is 0.269. The average Bonchev–Trinajstić information content (AvgIpc) is 2.61. The molecule has 0 radical (unpaired) electrons. The summed E-state index contributed by atoms with van der Waals surface area (Å²) in [6.07, 6.45) is 1.04. The maximum Gasteiger partial charge on any atom is 0.180 e. The van der Waals surface area contributed by atoms with Crippen LogP contribution in [0.1, 0.15) is 45.2 Å². The van der Waals surface area contributed by atoms with Crippen LogP contribution in [0.25, 0.3) is 0 Å². The predicted molar refractivity (Wildman–Crippen MR) is 110 cm³/mol. The molecule has 0 fully saturated rings. The minimum atomic E-state index is 0.0669. The van der Waals surface area contributed by atoms with E-state index in [-0.39, 0.29) is 5.54 Å². The van der Waals surface area contributed by atoms with Gasteiger partial charge in [0.15, 0.2) is 11.5 Å². The highest BCUT2D eigenvalue weighted by Crippen LogP contribution is 2.37. The van der Waals surface area contributed by atoms with E-state index < -0.39 is 0 Å². The summed E-state index contributed by atoms with van der Waals surface area (Å²) in [4.78, 5) is 0. The third-order valence-electron chi connectivity index (χ3n) is 4.35. The highest BCUT2D eigenvalue weighted by Gasteiger charge is 2.17. The molecule has 3 nitrogen and oxygen atoms in total. The Balaban J connectivity index is 2.19. The molecule has 0 atom stereocenters. The molecule has 0 saturated heterocycles. The zero-order valence-electron chi connectivity index (χ0n) is 15.9. The maximum atomic E-state index is 6.49. The second-order valence-electron chi connectivity index (χ2n) is 6.81. The van der Waals surface area contributed by atoms with Gasteiger partial charge in [0.2, 0.25) is 0 Å². The fraction of sp³-hybridized carbons (Fsp3) is 0.429. The van der Waals surface area contributed by atoms with Crippen LogP contribution in [-0.4, -0.2) is 12.1 Å². The van der Waals surface area contributed by atoms with E-state index in [0.717, 1.165) is 17.5 Å². The molecule has 2 rings (SSSR count). The summed E-state index contributed by atoms with van der Waals surface area (Å²) in [5, 5.41) is 4.74. The Labute approximate surface area is 166 Å². The topological polar surface area (TPSA) is 30.5 Å². The molecule has 0 aliphatic rings. The van der Waals surface area contributed by atoms with Crippen LogP contribution in [0.3, 0.4) is 0 Å². The number of nitrogens with one attached hydrogen (secondary N) is 1. The highest BCUT2D eigenvalue weighted by molar-refractivity contribution is 6.32. The quantitative estimate of drug-likeness (QED) is 0.544. The first-order valence-electron chi connectivity index (χ1n) is 8.92. The molecule has 0 saturated carbocycles. The second-order valence-corrected chi connectivity index (χ2v) is 7.62. The van der Waals surface area contributed by atoms with Crippen LogP contribution < -0.4 is 14.8 Å². The summed E-state index contributed by atoms with van der Waals surface area (Å²) >= 11 is 12.7. The first kappa shape index (κ1) is 20.9. The molecule has 26 heavy (non-hydrogen) atoms. The van der Waals surface area contributed by atoms with E-state index in [1.54, 1.807) is 0 Å². The lowest BCUT2D eigenvalue weighted by atomic mass is 10.0. The predicted octanol–water partition coefficient (Wildman–Crippen LogP) is 6.25. The molecule has 0 heterocycles. The van der Waals surface area contributed by atoms with Crippen molar-refractivity contribution in [2.75, 3.05) is 6.61 Å². The molecule has 5 heteroatoms. The van der Waals surface area contributed by atoms with Gasteiger partial charge in [-0.25, -0.2) is 0 Å². The Morgan fingerprint density at radius 3 is 2.38 bits per heavy atom. The minimum Gasteiger partial charge on any atom is -0.490 e. The van der Waals surface area contributed by atoms with Gasteiger partial charge in [-0.2, -0.15) is 0 Å². The molecule has 0 bridgehead atoms. The zero-order chi connectivity index (χ0) is 19.2. The van der Waals surface area contributed by atoms with Crippen LogP contribution in [0.2, 0.25) is 10.0 Å². The molecule has 0 unspecified atom stereocenters. The van der Waals surface area contributed by atoms with E-state index in [1.165, 1.54) is 0 Å². The Morgan fingerprint density at radius 1 is 1.00 bits per heavy atom. The van der Waals surface area contributed by atoms with Crippen molar-refractivity contribution in [3.8, 4) is 11.5 Å². The van der Waals surface area contributed by atoms with Crippen molar-refractivity contribution in [1.29, 1.82) is 0 Å². The van der Waals surface area contributed by atoms with Crippen LogP contribution in [0.4, 0.5) is 0 Å². The van der Waals surface area contributed by atoms with E-state index in [0.29, 0.717) is 41.3 Å². The smallest absolute Gasteiger partial charge is 0.180 e. The third kappa shape index (κ3) is 5.80. The SMILES string of the molecule is CCOc1cc(CNC(C)(C)CC)cc(Cl)c1OCc1ccccc1Cl. The Kier molecular flexibility index (Phi) is 7.63. The maximum absolute atomic E-state index is 6.49. The molecular formula is C21H27Cl2NO2. The summed E-state index contributed by atoms with van der Waals surface area (Å²) in [7, 11) is 0. The summed E-state index contributed by atoms with van der Waals surface area (Å²) in [5.41, 5.74) is 2.03. The van der Waals surface area contributed by atoms with Gasteiger partial charge in [0, 0.05) is 22.7 Å². The number of rotatable bonds is 9. The Hall–Kier alpha value is -1.42. The number of hydrogen-bond donors (Lipinski definition) is 1. The standard InChI is InChI=1S/C21H27Cl2NO2/c1-5-21(3,4)24-13-15-11-18(23)20(19(12-15)25-6-2)26-14-16-9-7-8-10-17(16)22/h7-12,24H,5-6,13-14H2,1-4H3. The van der Waals surface area contributed by atoms with Crippen molar-refractivity contribution in [1.82, 2.24) is 5.32 Å². The summed E-state index contributed by atoms with van der Waals surface area (Å²) in [6.45, 7) is 10.0. The third-order valence-corrected chi connectivity index (χ3v) is 5.00. The molecule has 2 aromatic carbocycles. The molecule has 0 aliphatic carbocycles. The van der Waals surface area contributed by atoms with E-state index in [1.807, 2.05) is 43.3 Å². The van der Waals surface area contributed by atoms with Gasteiger partial charge in [-0.05, 0) is 51.0 Å². The molecule has 142 valence electrons. The first-order valence-corrected chi connectivity index (χ1v) is 9.68. The fourth-order valence-electron chi connectivity index (χ4n) is 2.36. The number of ether oxygens (including phenoxy) is 2. The van der Waals surface area contributed by atoms with Crippen LogP contribution in [0.5, 0.6) is 11.5 Å².